The minimum Gasteiger partial charge on any atom is -0.394 e. The molecule has 7 nitrogen and oxygen atoms in total. The molecule has 3 rings (SSSR count). The number of aryl methyl sites for hydroxylation is 1. The van der Waals surface area contributed by atoms with Gasteiger partial charge in [-0.1, -0.05) is 0 Å². The maximum atomic E-state index is 14.7. The number of hydrogen-bond donors (Lipinski definition) is 2. The standard InChI is InChI=1S/C12H15FN4O3/c1-6-8-10(15-4-14-6)17(5-16-8)11-12(2,13)9(19)7(3-18)20-11/h4-5,7,9,11,18-19H,3H2,1-2H3/t7?,9-,11?,12?/m0/s1. The lowest BCUT2D eigenvalue weighted by Crippen LogP contribution is -2.40. The second kappa shape index (κ2) is 4.44. The highest BCUT2D eigenvalue weighted by Crippen LogP contribution is 2.42. The molecular weight excluding hydrogens is 267 g/mol. The molecule has 108 valence electrons. The van der Waals surface area contributed by atoms with Crippen LogP contribution in [0.25, 0.3) is 11.2 Å². The molecule has 1 saturated heterocycles. The summed E-state index contributed by atoms with van der Waals surface area (Å²) in [4.78, 5) is 12.3. The lowest BCUT2D eigenvalue weighted by molar-refractivity contribution is -0.0566. The van der Waals surface area contributed by atoms with Gasteiger partial charge in [0.25, 0.3) is 0 Å². The van der Waals surface area contributed by atoms with Crippen LogP contribution in [0.3, 0.4) is 0 Å². The number of fused-ring (bicyclic) bond motifs is 1. The van der Waals surface area contributed by atoms with Crippen LogP contribution in [0.2, 0.25) is 0 Å². The third-order valence-electron chi connectivity index (χ3n) is 3.69. The first kappa shape index (κ1) is 13.3. The minimum atomic E-state index is -2.06. The number of ether oxygens (including phenoxy) is 1. The van der Waals surface area contributed by atoms with E-state index >= 15 is 0 Å². The summed E-state index contributed by atoms with van der Waals surface area (Å²) in [5.41, 5.74) is -0.405. The molecule has 1 fully saturated rings. The third-order valence-corrected chi connectivity index (χ3v) is 3.69. The van der Waals surface area contributed by atoms with Crippen molar-refractivity contribution in [3.05, 3.63) is 18.3 Å². The van der Waals surface area contributed by atoms with Gasteiger partial charge in [-0.2, -0.15) is 0 Å². The lowest BCUT2D eigenvalue weighted by Gasteiger charge is -2.24. The van der Waals surface area contributed by atoms with E-state index in [2.05, 4.69) is 15.0 Å². The lowest BCUT2D eigenvalue weighted by atomic mass is 9.98. The fourth-order valence-electron chi connectivity index (χ4n) is 2.50. The molecule has 3 heterocycles. The van der Waals surface area contributed by atoms with Crippen molar-refractivity contribution in [2.45, 2.75) is 38.0 Å². The Hall–Kier alpha value is -1.64. The summed E-state index contributed by atoms with van der Waals surface area (Å²) in [6, 6.07) is 0. The molecule has 0 spiro atoms. The minimum absolute atomic E-state index is 0.428. The molecule has 0 bridgehead atoms. The largest absolute Gasteiger partial charge is 0.394 e. The number of aromatic nitrogens is 4. The molecule has 2 N–H and O–H groups in total. The van der Waals surface area contributed by atoms with Crippen LogP contribution in [0.5, 0.6) is 0 Å². The Kier molecular flexibility index (Phi) is 2.96. The first-order valence-corrected chi connectivity index (χ1v) is 6.24. The van der Waals surface area contributed by atoms with Gasteiger partial charge in [0.05, 0.1) is 18.6 Å². The highest BCUT2D eigenvalue weighted by molar-refractivity contribution is 5.72. The smallest absolute Gasteiger partial charge is 0.181 e. The van der Waals surface area contributed by atoms with Crippen molar-refractivity contribution in [3.8, 4) is 0 Å². The molecular formula is C12H15FN4O3. The van der Waals surface area contributed by atoms with Crippen LogP contribution in [0, 0.1) is 6.92 Å². The van der Waals surface area contributed by atoms with Crippen molar-refractivity contribution in [1.29, 1.82) is 0 Å². The number of alkyl halides is 1. The molecule has 0 aromatic carbocycles. The summed E-state index contributed by atoms with van der Waals surface area (Å²) in [5.74, 6) is 0. The monoisotopic (exact) mass is 282 g/mol. The van der Waals surface area contributed by atoms with Gasteiger partial charge in [-0.05, 0) is 13.8 Å². The average Bonchev–Trinajstić information content (AvgIpc) is 2.92. The molecule has 0 amide bonds. The van der Waals surface area contributed by atoms with E-state index in [1.54, 1.807) is 6.92 Å². The number of halogens is 1. The van der Waals surface area contributed by atoms with Crippen molar-refractivity contribution in [3.63, 3.8) is 0 Å². The Morgan fingerprint density at radius 3 is 2.85 bits per heavy atom. The maximum absolute atomic E-state index is 14.7. The van der Waals surface area contributed by atoms with Gasteiger partial charge in [0.15, 0.2) is 17.5 Å². The summed E-state index contributed by atoms with van der Waals surface area (Å²) in [7, 11) is 0. The summed E-state index contributed by atoms with van der Waals surface area (Å²) in [6.07, 6.45) is -0.732. The van der Waals surface area contributed by atoms with Gasteiger partial charge in [0.1, 0.15) is 24.1 Å². The second-order valence-electron chi connectivity index (χ2n) is 5.09. The van der Waals surface area contributed by atoms with E-state index in [0.717, 1.165) is 0 Å². The van der Waals surface area contributed by atoms with Gasteiger partial charge in [-0.25, -0.2) is 19.3 Å². The van der Waals surface area contributed by atoms with Gasteiger partial charge in [0, 0.05) is 0 Å². The van der Waals surface area contributed by atoms with Crippen LogP contribution in [0.4, 0.5) is 4.39 Å². The summed E-state index contributed by atoms with van der Waals surface area (Å²) < 4.78 is 21.6. The van der Waals surface area contributed by atoms with E-state index < -0.39 is 30.7 Å². The number of nitrogens with zero attached hydrogens (tertiary/aromatic N) is 4. The average molecular weight is 282 g/mol. The van der Waals surface area contributed by atoms with Crippen molar-refractivity contribution in [1.82, 2.24) is 19.5 Å². The molecule has 2 aromatic rings. The number of hydrogen-bond acceptors (Lipinski definition) is 6. The van der Waals surface area contributed by atoms with Gasteiger partial charge in [-0.15, -0.1) is 0 Å². The van der Waals surface area contributed by atoms with Crippen molar-refractivity contribution in [2.75, 3.05) is 6.61 Å². The third kappa shape index (κ3) is 1.72. The van der Waals surface area contributed by atoms with Crippen LogP contribution in [-0.2, 0) is 4.74 Å². The first-order chi connectivity index (χ1) is 9.46. The molecule has 8 heteroatoms. The molecule has 20 heavy (non-hydrogen) atoms. The number of imidazole rings is 1. The number of rotatable bonds is 2. The molecule has 2 aromatic heterocycles. The van der Waals surface area contributed by atoms with E-state index in [4.69, 9.17) is 9.84 Å². The van der Waals surface area contributed by atoms with E-state index in [1.165, 1.54) is 24.1 Å². The Morgan fingerprint density at radius 2 is 2.20 bits per heavy atom. The SMILES string of the molecule is Cc1ncnc2c1ncn2C1OC(CO)[C@H](O)C1(C)F. The fraction of sp³-hybridized carbons (Fsp3) is 0.583. The van der Waals surface area contributed by atoms with Crippen molar-refractivity contribution >= 4 is 11.2 Å². The molecule has 0 aliphatic carbocycles. The van der Waals surface area contributed by atoms with Crippen LogP contribution in [-0.4, -0.2) is 54.2 Å². The van der Waals surface area contributed by atoms with E-state index in [0.29, 0.717) is 16.9 Å². The van der Waals surface area contributed by atoms with E-state index in [1.807, 2.05) is 0 Å². The van der Waals surface area contributed by atoms with Gasteiger partial charge in [0.2, 0.25) is 0 Å². The predicted molar refractivity (Wildman–Crippen MR) is 66.6 cm³/mol. The highest BCUT2D eigenvalue weighted by atomic mass is 19.1. The first-order valence-electron chi connectivity index (χ1n) is 6.24. The van der Waals surface area contributed by atoms with Gasteiger partial charge < -0.3 is 14.9 Å². The van der Waals surface area contributed by atoms with Gasteiger partial charge >= 0.3 is 0 Å². The number of aliphatic hydroxyl groups excluding tert-OH is 2. The molecule has 1 aliphatic rings. The molecule has 4 atom stereocenters. The fourth-order valence-corrected chi connectivity index (χ4v) is 2.50. The Balaban J connectivity index is 2.10. The normalized spacial score (nSPS) is 34.0. The quantitative estimate of drug-likeness (QED) is 0.812. The van der Waals surface area contributed by atoms with Crippen molar-refractivity contribution < 1.29 is 19.3 Å². The zero-order valence-electron chi connectivity index (χ0n) is 11.1. The van der Waals surface area contributed by atoms with Crippen molar-refractivity contribution in [2.24, 2.45) is 0 Å². The molecule has 1 aliphatic heterocycles. The summed E-state index contributed by atoms with van der Waals surface area (Å²) >= 11 is 0. The topological polar surface area (TPSA) is 93.3 Å². The maximum Gasteiger partial charge on any atom is 0.181 e. The van der Waals surface area contributed by atoms with Crippen LogP contribution in [0.15, 0.2) is 12.7 Å². The van der Waals surface area contributed by atoms with E-state index in [9.17, 15) is 9.50 Å². The van der Waals surface area contributed by atoms with Crippen LogP contribution >= 0.6 is 0 Å². The summed E-state index contributed by atoms with van der Waals surface area (Å²) in [6.45, 7) is 2.55. The zero-order valence-corrected chi connectivity index (χ0v) is 11.1. The van der Waals surface area contributed by atoms with E-state index in [-0.39, 0.29) is 0 Å². The van der Waals surface area contributed by atoms with Crippen LogP contribution < -0.4 is 0 Å². The highest BCUT2D eigenvalue weighted by Gasteiger charge is 2.55. The Labute approximate surface area is 114 Å². The molecule has 0 radical (unpaired) electrons. The van der Waals surface area contributed by atoms with Gasteiger partial charge in [-0.3, -0.25) is 4.57 Å². The van der Waals surface area contributed by atoms with Crippen LogP contribution in [0.1, 0.15) is 18.8 Å². The molecule has 0 saturated carbocycles. The second-order valence-corrected chi connectivity index (χ2v) is 5.09. The Morgan fingerprint density at radius 1 is 1.45 bits per heavy atom. The zero-order chi connectivity index (χ0) is 14.5. The predicted octanol–water partition coefficient (Wildman–Crippen LogP) is 0.114. The Bertz CT molecular complexity index is 645. The summed E-state index contributed by atoms with van der Waals surface area (Å²) in [5, 5.41) is 19.0. The molecule has 3 unspecified atom stereocenters. The number of aliphatic hydroxyl groups is 2.